The number of carbonyl (C=O) groups excluding carboxylic acids is 3. The van der Waals surface area contributed by atoms with E-state index in [1.807, 2.05) is 10.8 Å². The second-order valence-electron chi connectivity index (χ2n) is 8.77. The SMILES string of the molecule is CCOC(=O)c1[nH]c(C)c(C(O)=C2C(=O)C(=O)N(CCCn3ccnc3)[C@@H]2c2ccc(OC)cc2)c1C. The number of hydrogen-bond donors (Lipinski definition) is 2. The largest absolute Gasteiger partial charge is 0.507 e. The topological polar surface area (TPSA) is 127 Å². The summed E-state index contributed by atoms with van der Waals surface area (Å²) in [6, 6.07) is 6.21. The first-order valence-electron chi connectivity index (χ1n) is 12.0. The van der Waals surface area contributed by atoms with Crippen LogP contribution in [0.2, 0.25) is 0 Å². The molecule has 0 radical (unpaired) electrons. The summed E-state index contributed by atoms with van der Waals surface area (Å²) in [6.07, 6.45) is 5.77. The molecule has 0 unspecified atom stereocenters. The molecule has 1 aliphatic rings. The second-order valence-corrected chi connectivity index (χ2v) is 8.77. The lowest BCUT2D eigenvalue weighted by molar-refractivity contribution is -0.139. The van der Waals surface area contributed by atoms with Crippen LogP contribution < -0.4 is 4.74 Å². The van der Waals surface area contributed by atoms with E-state index in [0.717, 1.165) is 0 Å². The number of aromatic nitrogens is 3. The number of amides is 1. The Morgan fingerprint density at radius 3 is 2.51 bits per heavy atom. The van der Waals surface area contributed by atoms with E-state index in [9.17, 15) is 19.5 Å². The molecular formula is C27H30N4O6. The average Bonchev–Trinajstić information content (AvgIpc) is 3.57. The fourth-order valence-corrected chi connectivity index (χ4v) is 4.73. The molecule has 194 valence electrons. The maximum atomic E-state index is 13.3. The predicted molar refractivity (Wildman–Crippen MR) is 135 cm³/mol. The van der Waals surface area contributed by atoms with Crippen molar-refractivity contribution in [3.63, 3.8) is 0 Å². The Morgan fingerprint density at radius 2 is 1.89 bits per heavy atom. The molecule has 1 aliphatic heterocycles. The molecule has 0 bridgehead atoms. The summed E-state index contributed by atoms with van der Waals surface area (Å²) in [5.41, 5.74) is 2.04. The molecule has 2 aromatic heterocycles. The number of methoxy groups -OCH3 is 1. The van der Waals surface area contributed by atoms with Crippen LogP contribution in [0.25, 0.3) is 5.76 Å². The third-order valence-corrected chi connectivity index (χ3v) is 6.50. The minimum atomic E-state index is -0.812. The van der Waals surface area contributed by atoms with E-state index in [2.05, 4.69) is 9.97 Å². The van der Waals surface area contributed by atoms with E-state index in [1.54, 1.807) is 64.7 Å². The molecule has 1 saturated heterocycles. The van der Waals surface area contributed by atoms with Crippen molar-refractivity contribution in [2.45, 2.75) is 39.8 Å². The van der Waals surface area contributed by atoms with Crippen molar-refractivity contribution in [1.82, 2.24) is 19.4 Å². The Balaban J connectivity index is 1.78. The van der Waals surface area contributed by atoms with E-state index in [4.69, 9.17) is 9.47 Å². The predicted octanol–water partition coefficient (Wildman–Crippen LogP) is 3.53. The highest BCUT2D eigenvalue weighted by atomic mass is 16.5. The zero-order valence-corrected chi connectivity index (χ0v) is 21.3. The van der Waals surface area contributed by atoms with Crippen molar-refractivity contribution < 1.29 is 29.0 Å². The van der Waals surface area contributed by atoms with E-state index in [-0.39, 0.29) is 30.2 Å². The molecule has 10 heteroatoms. The molecule has 3 aromatic rings. The molecule has 1 atom stereocenters. The fraction of sp³-hybridized carbons (Fsp3) is 0.333. The van der Waals surface area contributed by atoms with Gasteiger partial charge < -0.3 is 29.0 Å². The minimum Gasteiger partial charge on any atom is -0.507 e. The number of H-pyrrole nitrogens is 1. The number of nitrogens with zero attached hydrogens (tertiary/aromatic N) is 3. The number of carbonyl (C=O) groups is 3. The van der Waals surface area contributed by atoms with Gasteiger partial charge in [-0.2, -0.15) is 0 Å². The van der Waals surface area contributed by atoms with Crippen molar-refractivity contribution in [3.8, 4) is 5.75 Å². The summed E-state index contributed by atoms with van der Waals surface area (Å²) in [6.45, 7) is 6.14. The first kappa shape index (κ1) is 25.7. The number of nitrogens with one attached hydrogen (secondary N) is 1. The number of ketones is 1. The van der Waals surface area contributed by atoms with Gasteiger partial charge in [0.15, 0.2) is 0 Å². The van der Waals surface area contributed by atoms with Crippen LogP contribution in [-0.4, -0.2) is 62.5 Å². The Hall–Kier alpha value is -4.34. The number of aliphatic hydroxyl groups is 1. The van der Waals surface area contributed by atoms with Crippen LogP contribution in [0, 0.1) is 13.8 Å². The number of aryl methyl sites for hydroxylation is 2. The molecular weight excluding hydrogens is 476 g/mol. The van der Waals surface area contributed by atoms with Crippen LogP contribution in [0.4, 0.5) is 0 Å². The van der Waals surface area contributed by atoms with Crippen LogP contribution in [0.15, 0.2) is 48.6 Å². The number of imidazole rings is 1. The van der Waals surface area contributed by atoms with Crippen LogP contribution >= 0.6 is 0 Å². The Bertz CT molecular complexity index is 1340. The first-order valence-corrected chi connectivity index (χ1v) is 12.0. The Kier molecular flexibility index (Phi) is 7.47. The molecule has 1 aromatic carbocycles. The number of hydrogen-bond acceptors (Lipinski definition) is 7. The third-order valence-electron chi connectivity index (χ3n) is 6.50. The van der Waals surface area contributed by atoms with Crippen molar-refractivity contribution >= 4 is 23.4 Å². The Morgan fingerprint density at radius 1 is 1.16 bits per heavy atom. The van der Waals surface area contributed by atoms with Gasteiger partial charge in [0.2, 0.25) is 0 Å². The van der Waals surface area contributed by atoms with E-state index < -0.39 is 23.7 Å². The summed E-state index contributed by atoms with van der Waals surface area (Å²) in [5.74, 6) is -1.74. The van der Waals surface area contributed by atoms with Gasteiger partial charge in [-0.15, -0.1) is 0 Å². The lowest BCUT2D eigenvalue weighted by atomic mass is 9.94. The van der Waals surface area contributed by atoms with Gasteiger partial charge in [0.25, 0.3) is 11.7 Å². The number of Topliss-reactive ketones (excluding diaryl/α,β-unsaturated/α-hetero) is 1. The highest BCUT2D eigenvalue weighted by Gasteiger charge is 2.46. The van der Waals surface area contributed by atoms with Crippen LogP contribution in [0.1, 0.15) is 52.3 Å². The molecule has 0 saturated carbocycles. The average molecular weight is 507 g/mol. The quantitative estimate of drug-likeness (QED) is 0.197. The van der Waals surface area contributed by atoms with Crippen LogP contribution in [-0.2, 0) is 20.9 Å². The van der Waals surface area contributed by atoms with E-state index in [0.29, 0.717) is 41.1 Å². The number of ether oxygens (including phenoxy) is 2. The first-order chi connectivity index (χ1) is 17.8. The highest BCUT2D eigenvalue weighted by molar-refractivity contribution is 6.46. The number of benzene rings is 1. The minimum absolute atomic E-state index is 0.0293. The zero-order chi connectivity index (χ0) is 26.7. The third kappa shape index (κ3) is 4.87. The number of esters is 1. The van der Waals surface area contributed by atoms with Gasteiger partial charge in [0, 0.05) is 36.7 Å². The smallest absolute Gasteiger partial charge is 0.355 e. The molecule has 0 spiro atoms. The molecule has 2 N–H and O–H groups in total. The molecule has 3 heterocycles. The van der Waals surface area contributed by atoms with Crippen LogP contribution in [0.3, 0.4) is 0 Å². The second kappa shape index (κ2) is 10.7. The number of likely N-dealkylation sites (tertiary alicyclic amines) is 1. The van der Waals surface area contributed by atoms with Crippen molar-refractivity contribution in [2.75, 3.05) is 20.3 Å². The lowest BCUT2D eigenvalue weighted by Gasteiger charge is -2.25. The fourth-order valence-electron chi connectivity index (χ4n) is 4.73. The van der Waals surface area contributed by atoms with Gasteiger partial charge in [-0.05, 0) is 50.5 Å². The summed E-state index contributed by atoms with van der Waals surface area (Å²) in [4.78, 5) is 47.4. The van der Waals surface area contributed by atoms with Gasteiger partial charge in [-0.1, -0.05) is 12.1 Å². The monoisotopic (exact) mass is 506 g/mol. The molecule has 1 fully saturated rings. The van der Waals surface area contributed by atoms with Crippen molar-refractivity contribution in [3.05, 3.63) is 76.6 Å². The summed E-state index contributed by atoms with van der Waals surface area (Å²) < 4.78 is 12.3. The normalized spacial score (nSPS) is 16.9. The van der Waals surface area contributed by atoms with Crippen LogP contribution in [0.5, 0.6) is 5.75 Å². The summed E-state index contributed by atoms with van der Waals surface area (Å²) in [5, 5.41) is 11.5. The standard InChI is InChI=1S/C27H30N4O6/c1-5-37-27(35)22-16(2)20(17(3)29-22)24(32)21-23(18-7-9-19(36-4)10-8-18)31(26(34)25(21)33)13-6-12-30-14-11-28-15-30/h7-11,14-15,23,29,32H,5-6,12-13H2,1-4H3/t23-/m1/s1. The summed E-state index contributed by atoms with van der Waals surface area (Å²) in [7, 11) is 1.55. The van der Waals surface area contributed by atoms with Gasteiger partial charge in [-0.25, -0.2) is 9.78 Å². The Labute approximate surface area is 214 Å². The molecule has 1 amide bonds. The van der Waals surface area contributed by atoms with Gasteiger partial charge >= 0.3 is 5.97 Å². The van der Waals surface area contributed by atoms with Gasteiger partial charge in [0.05, 0.1) is 31.7 Å². The number of aliphatic hydroxyl groups excluding tert-OH is 1. The van der Waals surface area contributed by atoms with E-state index >= 15 is 0 Å². The molecule has 10 nitrogen and oxygen atoms in total. The maximum Gasteiger partial charge on any atom is 0.355 e. The molecule has 4 rings (SSSR count). The maximum absolute atomic E-state index is 13.3. The van der Waals surface area contributed by atoms with Crippen molar-refractivity contribution in [1.29, 1.82) is 0 Å². The zero-order valence-electron chi connectivity index (χ0n) is 21.3. The van der Waals surface area contributed by atoms with Crippen molar-refractivity contribution in [2.24, 2.45) is 0 Å². The molecule has 37 heavy (non-hydrogen) atoms. The lowest BCUT2D eigenvalue weighted by Crippen LogP contribution is -2.31. The molecule has 0 aliphatic carbocycles. The summed E-state index contributed by atoms with van der Waals surface area (Å²) >= 11 is 0. The number of rotatable bonds is 9. The number of aromatic amines is 1. The highest BCUT2D eigenvalue weighted by Crippen LogP contribution is 2.41. The van der Waals surface area contributed by atoms with E-state index in [1.165, 1.54) is 4.90 Å². The van der Waals surface area contributed by atoms with Gasteiger partial charge in [0.1, 0.15) is 17.2 Å². The van der Waals surface area contributed by atoms with Gasteiger partial charge in [-0.3, -0.25) is 9.59 Å².